The Bertz CT molecular complexity index is 1430. The minimum Gasteiger partial charge on any atom is -0.463 e. The molecule has 18 heteroatoms. The SMILES string of the molecule is CC(=O)OCC1OC(OC2C(COC(C)=O)OC(Sc3ccc(C)cc3)C(OC(C)=O)C2OC(C)=O)C(OC(C)=O)C(OC(C)=O)C1OC(C)=O. The molecule has 51 heavy (non-hydrogen) atoms. The topological polar surface area (TPSA) is 212 Å². The van der Waals surface area contributed by atoms with Gasteiger partial charge in [-0.05, 0) is 19.1 Å². The molecule has 3 rings (SSSR count). The number of ether oxygens (including phenoxy) is 10. The van der Waals surface area contributed by atoms with E-state index < -0.39 is 116 Å². The minimum absolute atomic E-state index is 0.471. The fourth-order valence-electron chi connectivity index (χ4n) is 5.32. The standard InChI is InChI=1S/C33H42O17S/c1-15-9-11-23(12-10-15)51-33-31(47-22(8)40)29(45-20(6)38)27(25(49-33)14-42-17(3)35)50-32-30(46-21(7)39)28(44-19(5)37)26(43-18(4)36)24(48-32)13-41-16(2)34/h9-12,24-33H,13-14H2,1-8H3. The number of thioether (sulfide) groups is 1. The molecule has 0 aliphatic carbocycles. The zero-order valence-corrected chi connectivity index (χ0v) is 30.2. The number of esters is 7. The molecule has 0 saturated carbocycles. The first kappa shape index (κ1) is 41.2. The third-order valence-electron chi connectivity index (χ3n) is 7.16. The smallest absolute Gasteiger partial charge is 0.303 e. The fourth-order valence-corrected chi connectivity index (χ4v) is 6.42. The highest BCUT2D eigenvalue weighted by molar-refractivity contribution is 7.99. The number of aryl methyl sites for hydroxylation is 1. The first-order chi connectivity index (χ1) is 23.9. The van der Waals surface area contributed by atoms with Crippen LogP contribution in [0.15, 0.2) is 29.2 Å². The van der Waals surface area contributed by atoms with Crippen LogP contribution in [0, 0.1) is 6.92 Å². The van der Waals surface area contributed by atoms with E-state index in [1.807, 2.05) is 19.1 Å². The van der Waals surface area contributed by atoms with Crippen LogP contribution in [-0.2, 0) is 80.9 Å². The van der Waals surface area contributed by atoms with Crippen LogP contribution in [0.3, 0.4) is 0 Å². The van der Waals surface area contributed by atoms with Crippen LogP contribution in [-0.4, -0.2) is 116 Å². The monoisotopic (exact) mass is 742 g/mol. The van der Waals surface area contributed by atoms with Crippen LogP contribution in [0.4, 0.5) is 0 Å². The van der Waals surface area contributed by atoms with E-state index >= 15 is 0 Å². The Labute approximate surface area is 298 Å². The summed E-state index contributed by atoms with van der Waals surface area (Å²) < 4.78 is 57.0. The summed E-state index contributed by atoms with van der Waals surface area (Å²) in [6, 6.07) is 7.30. The van der Waals surface area contributed by atoms with E-state index in [9.17, 15) is 33.6 Å². The summed E-state index contributed by atoms with van der Waals surface area (Å²) in [4.78, 5) is 86.4. The second kappa shape index (κ2) is 18.8. The van der Waals surface area contributed by atoms with Crippen molar-refractivity contribution in [1.82, 2.24) is 0 Å². The molecule has 0 aromatic heterocycles. The molecular weight excluding hydrogens is 700 g/mol. The average molecular weight is 743 g/mol. The number of benzene rings is 1. The van der Waals surface area contributed by atoms with Gasteiger partial charge in [-0.2, -0.15) is 0 Å². The van der Waals surface area contributed by atoms with E-state index in [0.29, 0.717) is 4.90 Å². The van der Waals surface area contributed by atoms with E-state index in [1.165, 1.54) is 0 Å². The molecule has 0 radical (unpaired) electrons. The Morgan fingerprint density at radius 3 is 1.41 bits per heavy atom. The van der Waals surface area contributed by atoms with Gasteiger partial charge in [-0.15, -0.1) is 0 Å². The van der Waals surface area contributed by atoms with Crippen LogP contribution < -0.4 is 0 Å². The summed E-state index contributed by atoms with van der Waals surface area (Å²) in [5.41, 5.74) is -0.0824. The van der Waals surface area contributed by atoms with Crippen molar-refractivity contribution in [3.63, 3.8) is 0 Å². The van der Waals surface area contributed by atoms with Crippen molar-refractivity contribution >= 4 is 53.5 Å². The largest absolute Gasteiger partial charge is 0.463 e. The van der Waals surface area contributed by atoms with Crippen molar-refractivity contribution in [2.75, 3.05) is 13.2 Å². The third-order valence-corrected chi connectivity index (χ3v) is 8.31. The van der Waals surface area contributed by atoms with E-state index in [-0.39, 0.29) is 0 Å². The van der Waals surface area contributed by atoms with Gasteiger partial charge in [0.1, 0.15) is 37.0 Å². The molecule has 2 aliphatic rings. The average Bonchev–Trinajstić information content (AvgIpc) is 3.00. The van der Waals surface area contributed by atoms with Gasteiger partial charge in [0.25, 0.3) is 0 Å². The van der Waals surface area contributed by atoms with Crippen molar-refractivity contribution in [2.45, 2.75) is 121 Å². The fraction of sp³-hybridized carbons (Fsp3) is 0.606. The van der Waals surface area contributed by atoms with Gasteiger partial charge < -0.3 is 47.4 Å². The summed E-state index contributed by atoms with van der Waals surface area (Å²) in [6.07, 6.45) is -13.5. The van der Waals surface area contributed by atoms with Gasteiger partial charge in [0, 0.05) is 53.4 Å². The van der Waals surface area contributed by atoms with E-state index in [1.54, 1.807) is 12.1 Å². The molecular formula is C33H42O17S. The van der Waals surface area contributed by atoms with Crippen LogP contribution in [0.25, 0.3) is 0 Å². The summed E-state index contributed by atoms with van der Waals surface area (Å²) in [6.45, 7) is 8.57. The summed E-state index contributed by atoms with van der Waals surface area (Å²) in [5, 5.41) is 0. The molecule has 2 heterocycles. The molecule has 0 amide bonds. The predicted octanol–water partition coefficient (Wildman–Crippen LogP) is 1.71. The second-order valence-electron chi connectivity index (χ2n) is 11.6. The summed E-state index contributed by atoms with van der Waals surface area (Å²) in [5.74, 6) is -5.62. The molecule has 10 unspecified atom stereocenters. The van der Waals surface area contributed by atoms with E-state index in [0.717, 1.165) is 65.8 Å². The van der Waals surface area contributed by atoms with Crippen molar-refractivity contribution in [2.24, 2.45) is 0 Å². The maximum absolute atomic E-state index is 12.6. The maximum Gasteiger partial charge on any atom is 0.303 e. The Balaban J connectivity index is 2.16. The van der Waals surface area contributed by atoms with Gasteiger partial charge in [-0.25, -0.2) is 0 Å². The van der Waals surface area contributed by atoms with Crippen molar-refractivity contribution < 1.29 is 80.9 Å². The van der Waals surface area contributed by atoms with Crippen LogP contribution in [0.2, 0.25) is 0 Å². The zero-order chi connectivity index (χ0) is 38.0. The van der Waals surface area contributed by atoms with Crippen molar-refractivity contribution in [3.05, 3.63) is 29.8 Å². The van der Waals surface area contributed by atoms with Gasteiger partial charge in [-0.1, -0.05) is 29.5 Å². The molecule has 17 nitrogen and oxygen atoms in total. The molecule has 282 valence electrons. The Hall–Kier alpha value is -4.26. The number of hydrogen-bond acceptors (Lipinski definition) is 18. The molecule has 1 aromatic rings. The van der Waals surface area contributed by atoms with Gasteiger partial charge in [-0.3, -0.25) is 33.6 Å². The van der Waals surface area contributed by atoms with Crippen molar-refractivity contribution in [1.29, 1.82) is 0 Å². The predicted molar refractivity (Wildman–Crippen MR) is 170 cm³/mol. The normalized spacial score (nSPS) is 28.7. The van der Waals surface area contributed by atoms with Gasteiger partial charge in [0.05, 0.1) is 0 Å². The lowest BCUT2D eigenvalue weighted by Gasteiger charge is -2.48. The molecule has 0 spiro atoms. The molecule has 10 atom stereocenters. The summed E-state index contributed by atoms with van der Waals surface area (Å²) in [7, 11) is 0. The van der Waals surface area contributed by atoms with Crippen LogP contribution in [0.1, 0.15) is 54.0 Å². The Morgan fingerprint density at radius 2 is 0.941 bits per heavy atom. The van der Waals surface area contributed by atoms with E-state index in [4.69, 9.17) is 47.4 Å². The maximum atomic E-state index is 12.6. The molecule has 1 aromatic carbocycles. The third kappa shape index (κ3) is 12.5. The number of carbonyl (C=O) groups is 7. The molecule has 2 saturated heterocycles. The lowest BCUT2D eigenvalue weighted by atomic mass is 9.96. The Morgan fingerprint density at radius 1 is 0.529 bits per heavy atom. The number of rotatable bonds is 13. The number of carbonyl (C=O) groups excluding carboxylic acids is 7. The van der Waals surface area contributed by atoms with Crippen molar-refractivity contribution in [3.8, 4) is 0 Å². The Kier molecular flexibility index (Phi) is 15.2. The minimum atomic E-state index is -1.75. The highest BCUT2D eigenvalue weighted by Crippen LogP contribution is 2.39. The van der Waals surface area contributed by atoms with Gasteiger partial charge in [0.2, 0.25) is 0 Å². The first-order valence-electron chi connectivity index (χ1n) is 15.8. The second-order valence-corrected chi connectivity index (χ2v) is 12.8. The highest BCUT2D eigenvalue weighted by atomic mass is 32.2. The molecule has 0 bridgehead atoms. The lowest BCUT2D eigenvalue weighted by molar-refractivity contribution is -0.341. The molecule has 0 N–H and O–H groups in total. The summed E-state index contributed by atoms with van der Waals surface area (Å²) >= 11 is 1.13. The lowest BCUT2D eigenvalue weighted by Crippen LogP contribution is -2.66. The van der Waals surface area contributed by atoms with Crippen LogP contribution in [0.5, 0.6) is 0 Å². The molecule has 2 fully saturated rings. The van der Waals surface area contributed by atoms with Crippen LogP contribution >= 0.6 is 11.8 Å². The zero-order valence-electron chi connectivity index (χ0n) is 29.3. The van der Waals surface area contributed by atoms with Gasteiger partial charge in [0.15, 0.2) is 36.8 Å². The first-order valence-corrected chi connectivity index (χ1v) is 16.7. The molecule has 2 aliphatic heterocycles. The highest BCUT2D eigenvalue weighted by Gasteiger charge is 2.57. The van der Waals surface area contributed by atoms with Gasteiger partial charge >= 0.3 is 41.8 Å². The van der Waals surface area contributed by atoms with E-state index in [2.05, 4.69) is 0 Å². The quantitative estimate of drug-likeness (QED) is 0.208. The number of hydrogen-bond donors (Lipinski definition) is 0.